The van der Waals surface area contributed by atoms with Gasteiger partial charge in [-0.1, -0.05) is 54.6 Å². The van der Waals surface area contributed by atoms with Crippen LogP contribution in [0.2, 0.25) is 0 Å². The van der Waals surface area contributed by atoms with Crippen LogP contribution in [0.1, 0.15) is 36.5 Å². The van der Waals surface area contributed by atoms with Crippen LogP contribution in [-0.2, 0) is 10.4 Å². The molecule has 0 bridgehead atoms. The topological polar surface area (TPSA) is 57.5 Å². The van der Waals surface area contributed by atoms with E-state index in [1.807, 2.05) is 36.4 Å². The van der Waals surface area contributed by atoms with Crippen molar-refractivity contribution in [3.05, 3.63) is 71.3 Å². The molecule has 0 radical (unpaired) electrons. The Morgan fingerprint density at radius 1 is 1.05 bits per heavy atom. The van der Waals surface area contributed by atoms with Crippen LogP contribution in [0.15, 0.2) is 54.6 Å². The lowest BCUT2D eigenvalue weighted by Gasteiger charge is -2.25. The van der Waals surface area contributed by atoms with E-state index in [1.165, 1.54) is 0 Å². The molecule has 0 saturated carbocycles. The van der Waals surface area contributed by atoms with Gasteiger partial charge in [-0.15, -0.1) is 0 Å². The van der Waals surface area contributed by atoms with Gasteiger partial charge in [0.1, 0.15) is 5.60 Å². The second-order valence-electron chi connectivity index (χ2n) is 5.12. The van der Waals surface area contributed by atoms with Gasteiger partial charge in [-0.25, -0.2) is 0 Å². The van der Waals surface area contributed by atoms with Crippen molar-refractivity contribution in [2.45, 2.75) is 25.4 Å². The number of benzene rings is 2. The maximum Gasteiger partial charge on any atom is 0.310 e. The summed E-state index contributed by atoms with van der Waals surface area (Å²) in [6.45, 7) is 3.35. The van der Waals surface area contributed by atoms with E-state index >= 15 is 0 Å². The highest BCUT2D eigenvalue weighted by Crippen LogP contribution is 2.30. The molecule has 2 N–H and O–H groups in total. The third kappa shape index (κ3) is 2.73. The van der Waals surface area contributed by atoms with Crippen LogP contribution < -0.4 is 0 Å². The van der Waals surface area contributed by atoms with Crippen LogP contribution in [0, 0.1) is 0 Å². The SMILES string of the molecule is C[C@H](C(=O)O)c1cccc([C@](C)(O)c2ccccc2)c1. The molecule has 2 aromatic carbocycles. The summed E-state index contributed by atoms with van der Waals surface area (Å²) < 4.78 is 0. The Morgan fingerprint density at radius 2 is 1.65 bits per heavy atom. The summed E-state index contributed by atoms with van der Waals surface area (Å²) in [5.74, 6) is -1.47. The molecule has 0 aromatic heterocycles. The van der Waals surface area contributed by atoms with Gasteiger partial charge in [0, 0.05) is 0 Å². The number of carboxylic acids is 1. The molecule has 3 nitrogen and oxygen atoms in total. The van der Waals surface area contributed by atoms with E-state index in [1.54, 1.807) is 32.0 Å². The Labute approximate surface area is 118 Å². The summed E-state index contributed by atoms with van der Waals surface area (Å²) in [5, 5.41) is 19.8. The Hall–Kier alpha value is -2.13. The van der Waals surface area contributed by atoms with E-state index in [-0.39, 0.29) is 0 Å². The molecule has 20 heavy (non-hydrogen) atoms. The fourth-order valence-electron chi connectivity index (χ4n) is 2.18. The zero-order chi connectivity index (χ0) is 14.8. The molecule has 0 unspecified atom stereocenters. The molecule has 0 spiro atoms. The standard InChI is InChI=1S/C17H18O3/c1-12(16(18)19)13-7-6-10-15(11-13)17(2,20)14-8-4-3-5-9-14/h3-12,20H,1-2H3,(H,18,19)/t12-,17+/m0/s1. The first-order chi connectivity index (χ1) is 9.43. The number of hydrogen-bond acceptors (Lipinski definition) is 2. The molecule has 0 aliphatic carbocycles. The number of aliphatic hydroxyl groups is 1. The molecule has 3 heteroatoms. The van der Waals surface area contributed by atoms with Crippen molar-refractivity contribution in [3.63, 3.8) is 0 Å². The predicted molar refractivity (Wildman–Crippen MR) is 77.6 cm³/mol. The van der Waals surface area contributed by atoms with Gasteiger partial charge in [0.15, 0.2) is 0 Å². The number of aliphatic carboxylic acids is 1. The lowest BCUT2D eigenvalue weighted by molar-refractivity contribution is -0.138. The van der Waals surface area contributed by atoms with Crippen molar-refractivity contribution in [2.75, 3.05) is 0 Å². The first-order valence-corrected chi connectivity index (χ1v) is 6.54. The summed E-state index contributed by atoms with van der Waals surface area (Å²) >= 11 is 0. The van der Waals surface area contributed by atoms with Crippen molar-refractivity contribution in [3.8, 4) is 0 Å². The summed E-state index contributed by atoms with van der Waals surface area (Å²) in [7, 11) is 0. The zero-order valence-electron chi connectivity index (χ0n) is 11.6. The van der Waals surface area contributed by atoms with Gasteiger partial charge < -0.3 is 10.2 Å². The average Bonchev–Trinajstić information content (AvgIpc) is 2.47. The maximum atomic E-state index is 11.1. The van der Waals surface area contributed by atoms with Gasteiger partial charge >= 0.3 is 5.97 Å². The van der Waals surface area contributed by atoms with Crippen LogP contribution >= 0.6 is 0 Å². The van der Waals surface area contributed by atoms with Crippen LogP contribution in [0.4, 0.5) is 0 Å². The predicted octanol–water partition coefficient (Wildman–Crippen LogP) is 3.13. The van der Waals surface area contributed by atoms with E-state index in [0.29, 0.717) is 11.1 Å². The summed E-state index contributed by atoms with van der Waals surface area (Å²) in [5.41, 5.74) is 1.01. The van der Waals surface area contributed by atoms with Gasteiger partial charge in [0.2, 0.25) is 0 Å². The maximum absolute atomic E-state index is 11.1. The first-order valence-electron chi connectivity index (χ1n) is 6.54. The van der Waals surface area contributed by atoms with Crippen molar-refractivity contribution in [2.24, 2.45) is 0 Å². The van der Waals surface area contributed by atoms with E-state index < -0.39 is 17.5 Å². The molecule has 0 aliphatic rings. The minimum Gasteiger partial charge on any atom is -0.481 e. The van der Waals surface area contributed by atoms with E-state index in [9.17, 15) is 9.90 Å². The Bertz CT molecular complexity index is 603. The van der Waals surface area contributed by atoms with Gasteiger partial charge in [0.25, 0.3) is 0 Å². The van der Waals surface area contributed by atoms with Gasteiger partial charge in [-0.05, 0) is 30.5 Å². The molecule has 0 amide bonds. The second-order valence-corrected chi connectivity index (χ2v) is 5.12. The number of carbonyl (C=O) groups is 1. The van der Waals surface area contributed by atoms with E-state index in [2.05, 4.69) is 0 Å². The van der Waals surface area contributed by atoms with Crippen molar-refractivity contribution >= 4 is 5.97 Å². The molecular weight excluding hydrogens is 252 g/mol. The van der Waals surface area contributed by atoms with Gasteiger partial charge in [-0.3, -0.25) is 4.79 Å². The Morgan fingerprint density at radius 3 is 2.25 bits per heavy atom. The van der Waals surface area contributed by atoms with Gasteiger partial charge in [-0.2, -0.15) is 0 Å². The highest BCUT2D eigenvalue weighted by molar-refractivity contribution is 5.75. The number of hydrogen-bond donors (Lipinski definition) is 2. The molecule has 0 saturated heterocycles. The Balaban J connectivity index is 2.43. The van der Waals surface area contributed by atoms with E-state index in [0.717, 1.165) is 5.56 Å². The highest BCUT2D eigenvalue weighted by atomic mass is 16.4. The average molecular weight is 270 g/mol. The molecule has 2 aromatic rings. The van der Waals surface area contributed by atoms with Crippen LogP contribution in [0.25, 0.3) is 0 Å². The quantitative estimate of drug-likeness (QED) is 0.897. The largest absolute Gasteiger partial charge is 0.481 e. The van der Waals surface area contributed by atoms with Crippen molar-refractivity contribution in [1.82, 2.24) is 0 Å². The molecule has 0 fully saturated rings. The van der Waals surface area contributed by atoms with Crippen molar-refractivity contribution < 1.29 is 15.0 Å². The molecule has 2 rings (SSSR count). The third-order valence-corrected chi connectivity index (χ3v) is 3.66. The van der Waals surface area contributed by atoms with Crippen LogP contribution in [-0.4, -0.2) is 16.2 Å². The van der Waals surface area contributed by atoms with Crippen LogP contribution in [0.5, 0.6) is 0 Å². The number of rotatable bonds is 4. The molecule has 2 atom stereocenters. The fourth-order valence-corrected chi connectivity index (χ4v) is 2.18. The smallest absolute Gasteiger partial charge is 0.310 e. The normalized spacial score (nSPS) is 15.3. The lowest BCUT2D eigenvalue weighted by Crippen LogP contribution is -2.23. The third-order valence-electron chi connectivity index (χ3n) is 3.66. The minimum atomic E-state index is -1.14. The molecule has 0 aliphatic heterocycles. The number of carboxylic acid groups (broad SMARTS) is 1. The van der Waals surface area contributed by atoms with Gasteiger partial charge in [0.05, 0.1) is 5.92 Å². The summed E-state index contributed by atoms with van der Waals surface area (Å²) in [6, 6.07) is 16.5. The zero-order valence-corrected chi connectivity index (χ0v) is 11.6. The summed E-state index contributed by atoms with van der Waals surface area (Å²) in [4.78, 5) is 11.1. The lowest BCUT2D eigenvalue weighted by atomic mass is 9.86. The Kier molecular flexibility index (Phi) is 3.91. The minimum absolute atomic E-state index is 0.596. The van der Waals surface area contributed by atoms with E-state index in [4.69, 9.17) is 5.11 Å². The second kappa shape index (κ2) is 5.47. The highest BCUT2D eigenvalue weighted by Gasteiger charge is 2.26. The molecule has 104 valence electrons. The van der Waals surface area contributed by atoms with Crippen molar-refractivity contribution in [1.29, 1.82) is 0 Å². The van der Waals surface area contributed by atoms with Crippen LogP contribution in [0.3, 0.4) is 0 Å². The molecule has 0 heterocycles. The fraction of sp³-hybridized carbons (Fsp3) is 0.235. The monoisotopic (exact) mass is 270 g/mol. The summed E-state index contributed by atoms with van der Waals surface area (Å²) in [6.07, 6.45) is 0. The first kappa shape index (κ1) is 14.3. The molecular formula is C17H18O3.